The Balaban J connectivity index is 1.37. The van der Waals surface area contributed by atoms with Crippen molar-refractivity contribution in [3.05, 3.63) is 59.2 Å². The summed E-state index contributed by atoms with van der Waals surface area (Å²) in [5, 5.41) is 10.4. The summed E-state index contributed by atoms with van der Waals surface area (Å²) in [7, 11) is 0. The van der Waals surface area contributed by atoms with E-state index in [1.54, 1.807) is 37.4 Å². The Morgan fingerprint density at radius 2 is 1.70 bits per heavy atom. The van der Waals surface area contributed by atoms with Crippen LogP contribution in [0.4, 0.5) is 5.69 Å². The van der Waals surface area contributed by atoms with Crippen LogP contribution in [0.2, 0.25) is 0 Å². The molecule has 0 aliphatic heterocycles. The van der Waals surface area contributed by atoms with Gasteiger partial charge < -0.3 is 9.84 Å². The molecule has 0 spiro atoms. The number of phenols is 1. The minimum atomic E-state index is -0.325. The number of esters is 1. The van der Waals surface area contributed by atoms with Crippen LogP contribution in [0.15, 0.2) is 47.5 Å². The lowest BCUT2D eigenvalue weighted by Crippen LogP contribution is -2.48. The number of carbonyl (C=O) groups is 1. The van der Waals surface area contributed by atoms with Crippen LogP contribution in [-0.2, 0) is 10.2 Å². The number of rotatable bonds is 5. The number of phenolic OH excluding ortho intramolecular Hbond substituents is 1. The molecule has 2 aromatic rings. The first kappa shape index (κ1) is 19.3. The Morgan fingerprint density at radius 1 is 1.07 bits per heavy atom. The Kier molecular flexibility index (Phi) is 4.88. The van der Waals surface area contributed by atoms with Gasteiger partial charge in [-0.05, 0) is 111 Å². The predicted molar refractivity (Wildman–Crippen MR) is 118 cm³/mol. The molecule has 0 atom stereocenters. The van der Waals surface area contributed by atoms with Gasteiger partial charge in [-0.2, -0.15) is 0 Å². The number of aromatic hydroxyl groups is 1. The molecule has 4 aliphatic carbocycles. The van der Waals surface area contributed by atoms with Crippen molar-refractivity contribution in [2.75, 3.05) is 6.61 Å². The summed E-state index contributed by atoms with van der Waals surface area (Å²) in [5.41, 5.74) is 3.69. The molecular formula is C26H29NO3. The molecule has 4 heteroatoms. The van der Waals surface area contributed by atoms with E-state index in [-0.39, 0.29) is 11.7 Å². The molecule has 4 saturated carbocycles. The third-order valence-corrected chi connectivity index (χ3v) is 7.41. The van der Waals surface area contributed by atoms with Gasteiger partial charge in [0, 0.05) is 11.8 Å². The highest BCUT2D eigenvalue weighted by Gasteiger charge is 2.51. The summed E-state index contributed by atoms with van der Waals surface area (Å²) in [6, 6.07) is 13.1. The molecule has 0 radical (unpaired) electrons. The molecule has 6 rings (SSSR count). The smallest absolute Gasteiger partial charge is 0.338 e. The minimum Gasteiger partial charge on any atom is -0.507 e. The summed E-state index contributed by atoms with van der Waals surface area (Å²) in [4.78, 5) is 16.3. The number of hydrogen-bond acceptors (Lipinski definition) is 4. The Bertz CT molecular complexity index is 941. The molecule has 4 bridgehead atoms. The molecule has 4 fully saturated rings. The maximum Gasteiger partial charge on any atom is 0.338 e. The number of benzene rings is 2. The molecule has 4 aliphatic rings. The molecule has 30 heavy (non-hydrogen) atoms. The van der Waals surface area contributed by atoms with E-state index in [1.807, 2.05) is 6.07 Å². The Hall–Kier alpha value is -2.62. The van der Waals surface area contributed by atoms with E-state index < -0.39 is 0 Å². The molecular weight excluding hydrogens is 374 g/mol. The maximum atomic E-state index is 11.8. The zero-order chi connectivity index (χ0) is 20.7. The minimum absolute atomic E-state index is 0.260. The highest BCUT2D eigenvalue weighted by Crippen LogP contribution is 2.60. The zero-order valence-corrected chi connectivity index (χ0v) is 17.5. The SMILES string of the molecule is CCOC(=O)c1ccc(N=Cc2cc(C34CC5CC(CC(C5)C3)C4)ccc2O)cc1. The van der Waals surface area contributed by atoms with E-state index in [0.29, 0.717) is 17.6 Å². The zero-order valence-electron chi connectivity index (χ0n) is 17.5. The summed E-state index contributed by atoms with van der Waals surface area (Å²) in [6.07, 6.45) is 9.91. The number of hydrogen-bond donors (Lipinski definition) is 1. The van der Waals surface area contributed by atoms with Crippen molar-refractivity contribution in [3.63, 3.8) is 0 Å². The van der Waals surface area contributed by atoms with Gasteiger partial charge in [-0.1, -0.05) is 6.07 Å². The monoisotopic (exact) mass is 403 g/mol. The van der Waals surface area contributed by atoms with E-state index in [4.69, 9.17) is 4.74 Å². The molecule has 0 aromatic heterocycles. The lowest BCUT2D eigenvalue weighted by molar-refractivity contribution is -0.00520. The average Bonchev–Trinajstić information content (AvgIpc) is 2.72. The largest absolute Gasteiger partial charge is 0.507 e. The second kappa shape index (κ2) is 7.57. The molecule has 0 amide bonds. The van der Waals surface area contributed by atoms with Gasteiger partial charge in [0.15, 0.2) is 0 Å². The van der Waals surface area contributed by atoms with Gasteiger partial charge in [-0.3, -0.25) is 4.99 Å². The maximum absolute atomic E-state index is 11.8. The third kappa shape index (κ3) is 3.53. The molecule has 156 valence electrons. The standard InChI is InChI=1S/C26H29NO3/c1-2-30-25(29)20-3-6-23(7-4-20)27-16-21-12-22(5-8-24(21)28)26-13-17-9-18(14-26)11-19(10-17)15-26/h3-8,12,16-19,28H,2,9-11,13-15H2,1H3. The van der Waals surface area contributed by atoms with Crippen molar-refractivity contribution < 1.29 is 14.6 Å². The van der Waals surface area contributed by atoms with Crippen molar-refractivity contribution in [1.29, 1.82) is 0 Å². The first-order chi connectivity index (χ1) is 14.5. The number of aliphatic imine (C=N–C) groups is 1. The Morgan fingerprint density at radius 3 is 2.30 bits per heavy atom. The van der Waals surface area contributed by atoms with Gasteiger partial charge >= 0.3 is 5.97 Å². The van der Waals surface area contributed by atoms with Crippen molar-refractivity contribution in [1.82, 2.24) is 0 Å². The highest BCUT2D eigenvalue weighted by molar-refractivity contribution is 5.90. The van der Waals surface area contributed by atoms with Gasteiger partial charge in [-0.25, -0.2) is 4.79 Å². The van der Waals surface area contributed by atoms with Crippen molar-refractivity contribution in [3.8, 4) is 5.75 Å². The first-order valence-electron chi connectivity index (χ1n) is 11.2. The third-order valence-electron chi connectivity index (χ3n) is 7.41. The van der Waals surface area contributed by atoms with E-state index in [2.05, 4.69) is 17.1 Å². The fourth-order valence-electron chi connectivity index (χ4n) is 6.49. The summed E-state index contributed by atoms with van der Waals surface area (Å²) in [6.45, 7) is 2.15. The molecule has 1 N–H and O–H groups in total. The van der Waals surface area contributed by atoms with Crippen LogP contribution < -0.4 is 0 Å². The summed E-state index contributed by atoms with van der Waals surface area (Å²) >= 11 is 0. The van der Waals surface area contributed by atoms with Crippen LogP contribution in [0.3, 0.4) is 0 Å². The quantitative estimate of drug-likeness (QED) is 0.508. The van der Waals surface area contributed by atoms with Gasteiger partial charge in [0.1, 0.15) is 5.75 Å². The molecule has 4 nitrogen and oxygen atoms in total. The fourth-order valence-corrected chi connectivity index (χ4v) is 6.49. The second-order valence-corrected chi connectivity index (χ2v) is 9.50. The van der Waals surface area contributed by atoms with Crippen LogP contribution in [0, 0.1) is 17.8 Å². The summed E-state index contributed by atoms with van der Waals surface area (Å²) in [5.74, 6) is 2.60. The second-order valence-electron chi connectivity index (χ2n) is 9.50. The number of nitrogens with zero attached hydrogens (tertiary/aromatic N) is 1. The number of ether oxygens (including phenoxy) is 1. The average molecular weight is 404 g/mol. The van der Waals surface area contributed by atoms with Crippen LogP contribution >= 0.6 is 0 Å². The summed E-state index contributed by atoms with van der Waals surface area (Å²) < 4.78 is 5.02. The van der Waals surface area contributed by atoms with Gasteiger partial charge in [0.05, 0.1) is 17.9 Å². The van der Waals surface area contributed by atoms with Gasteiger partial charge in [-0.15, -0.1) is 0 Å². The van der Waals surface area contributed by atoms with E-state index in [0.717, 1.165) is 29.0 Å². The lowest BCUT2D eigenvalue weighted by Gasteiger charge is -2.57. The van der Waals surface area contributed by atoms with Gasteiger partial charge in [0.25, 0.3) is 0 Å². The molecule has 0 saturated heterocycles. The normalized spacial score (nSPS) is 29.4. The Labute approximate surface area is 178 Å². The van der Waals surface area contributed by atoms with Crippen LogP contribution in [0.5, 0.6) is 5.75 Å². The topological polar surface area (TPSA) is 58.9 Å². The highest BCUT2D eigenvalue weighted by atomic mass is 16.5. The van der Waals surface area contributed by atoms with Crippen LogP contribution in [-0.4, -0.2) is 23.9 Å². The van der Waals surface area contributed by atoms with Crippen LogP contribution in [0.25, 0.3) is 0 Å². The number of carbonyl (C=O) groups excluding carboxylic acids is 1. The molecule has 0 heterocycles. The molecule has 2 aromatic carbocycles. The van der Waals surface area contributed by atoms with Crippen molar-refractivity contribution >= 4 is 17.9 Å². The van der Waals surface area contributed by atoms with Crippen LogP contribution in [0.1, 0.15) is 66.9 Å². The van der Waals surface area contributed by atoms with Crippen molar-refractivity contribution in [2.45, 2.75) is 50.9 Å². The van der Waals surface area contributed by atoms with Crippen molar-refractivity contribution in [2.24, 2.45) is 22.7 Å². The lowest BCUT2D eigenvalue weighted by atomic mass is 9.48. The van der Waals surface area contributed by atoms with E-state index in [9.17, 15) is 9.90 Å². The van der Waals surface area contributed by atoms with E-state index in [1.165, 1.54) is 44.1 Å². The predicted octanol–water partition coefficient (Wildman–Crippen LogP) is 5.79. The fraction of sp³-hybridized carbons (Fsp3) is 0.462. The van der Waals surface area contributed by atoms with Gasteiger partial charge in [0.2, 0.25) is 0 Å². The first-order valence-corrected chi connectivity index (χ1v) is 11.2. The molecule has 0 unspecified atom stereocenters. The van der Waals surface area contributed by atoms with E-state index >= 15 is 0 Å².